The molecule has 156 valence electrons. The van der Waals surface area contributed by atoms with E-state index in [1.807, 2.05) is 0 Å². The lowest BCUT2D eigenvalue weighted by molar-refractivity contribution is -0.137. The third-order valence-corrected chi connectivity index (χ3v) is 5.22. The molecule has 3 rings (SSSR count). The SMILES string of the molecule is COc1ccc(/N=C(\C)c2ncc(C(=O)Nc3cc(C(F)(F)F)c(Cl)cn3)s2)cc1. The Bertz CT molecular complexity index is 1100. The Balaban J connectivity index is 1.75. The number of carbonyl (C=O) groups excluding carboxylic acids is 1. The van der Waals surface area contributed by atoms with Gasteiger partial charge in [0.15, 0.2) is 0 Å². The van der Waals surface area contributed by atoms with Crippen LogP contribution in [-0.4, -0.2) is 28.7 Å². The zero-order valence-corrected chi connectivity index (χ0v) is 17.2. The summed E-state index contributed by atoms with van der Waals surface area (Å²) in [5.74, 6) is -0.210. The van der Waals surface area contributed by atoms with Crippen LogP contribution in [0.25, 0.3) is 0 Å². The van der Waals surface area contributed by atoms with Gasteiger partial charge in [-0.15, -0.1) is 11.3 Å². The Morgan fingerprint density at radius 3 is 2.53 bits per heavy atom. The molecule has 30 heavy (non-hydrogen) atoms. The highest BCUT2D eigenvalue weighted by molar-refractivity contribution is 7.15. The normalized spacial score (nSPS) is 12.0. The highest BCUT2D eigenvalue weighted by Crippen LogP contribution is 2.35. The lowest BCUT2D eigenvalue weighted by atomic mass is 10.2. The van der Waals surface area contributed by atoms with Gasteiger partial charge < -0.3 is 10.1 Å². The smallest absolute Gasteiger partial charge is 0.418 e. The van der Waals surface area contributed by atoms with Crippen LogP contribution < -0.4 is 10.1 Å². The first-order chi connectivity index (χ1) is 14.2. The van der Waals surface area contributed by atoms with Crippen molar-refractivity contribution in [1.82, 2.24) is 9.97 Å². The molecular formula is C19H14ClF3N4O2S. The van der Waals surface area contributed by atoms with E-state index in [2.05, 4.69) is 20.3 Å². The number of carbonyl (C=O) groups is 1. The fourth-order valence-electron chi connectivity index (χ4n) is 2.35. The Morgan fingerprint density at radius 2 is 1.90 bits per heavy atom. The molecule has 0 bridgehead atoms. The molecule has 0 unspecified atom stereocenters. The molecule has 1 N–H and O–H groups in total. The molecule has 1 amide bonds. The van der Waals surface area contributed by atoms with Crippen molar-refractivity contribution in [3.05, 3.63) is 63.2 Å². The second-order valence-corrected chi connectivity index (χ2v) is 7.36. The van der Waals surface area contributed by atoms with E-state index in [4.69, 9.17) is 16.3 Å². The van der Waals surface area contributed by atoms with Crippen LogP contribution in [0, 0.1) is 0 Å². The molecule has 0 saturated heterocycles. The standard InChI is InChI=1S/C19H14ClF3N4O2S/c1-10(26-11-3-5-12(29-2)6-4-11)18-25-9-15(30-18)17(28)27-16-7-13(19(21,22)23)14(20)8-24-16/h3-9H,1-2H3,(H,24,27,28)/b26-10+. The molecule has 0 atom stereocenters. The van der Waals surface area contributed by atoms with E-state index < -0.39 is 22.7 Å². The molecule has 0 radical (unpaired) electrons. The summed E-state index contributed by atoms with van der Waals surface area (Å²) in [5.41, 5.74) is 0.176. The minimum Gasteiger partial charge on any atom is -0.497 e. The largest absolute Gasteiger partial charge is 0.497 e. The summed E-state index contributed by atoms with van der Waals surface area (Å²) in [4.78, 5) is 24.9. The summed E-state index contributed by atoms with van der Waals surface area (Å²) in [7, 11) is 1.56. The van der Waals surface area contributed by atoms with Gasteiger partial charge in [-0.1, -0.05) is 11.6 Å². The number of anilines is 1. The number of thiazole rings is 1. The number of hydrogen-bond acceptors (Lipinski definition) is 6. The van der Waals surface area contributed by atoms with Crippen LogP contribution in [0.3, 0.4) is 0 Å². The van der Waals surface area contributed by atoms with E-state index in [0.29, 0.717) is 28.2 Å². The first-order valence-electron chi connectivity index (χ1n) is 8.37. The van der Waals surface area contributed by atoms with Crippen molar-refractivity contribution in [1.29, 1.82) is 0 Å². The average molecular weight is 455 g/mol. The molecule has 2 aromatic heterocycles. The number of aliphatic imine (C=N–C) groups is 1. The molecular weight excluding hydrogens is 441 g/mol. The van der Waals surface area contributed by atoms with Crippen LogP contribution in [0.5, 0.6) is 5.75 Å². The van der Waals surface area contributed by atoms with Gasteiger partial charge in [-0.25, -0.2) is 9.97 Å². The van der Waals surface area contributed by atoms with E-state index in [1.165, 1.54) is 6.20 Å². The van der Waals surface area contributed by atoms with Crippen molar-refractivity contribution in [2.24, 2.45) is 4.99 Å². The van der Waals surface area contributed by atoms with Crippen molar-refractivity contribution in [3.8, 4) is 5.75 Å². The van der Waals surface area contributed by atoms with Crippen LogP contribution in [-0.2, 0) is 6.18 Å². The summed E-state index contributed by atoms with van der Waals surface area (Å²) < 4.78 is 43.9. The number of benzene rings is 1. The summed E-state index contributed by atoms with van der Waals surface area (Å²) in [5, 5.41) is 2.27. The Labute approximate surface area is 178 Å². The maximum absolute atomic E-state index is 12.9. The second-order valence-electron chi connectivity index (χ2n) is 5.93. The van der Waals surface area contributed by atoms with Gasteiger partial charge in [0, 0.05) is 6.20 Å². The minimum absolute atomic E-state index is 0.194. The summed E-state index contributed by atoms with van der Waals surface area (Å²) in [6, 6.07) is 7.75. The molecule has 0 fully saturated rings. The molecule has 6 nitrogen and oxygen atoms in total. The van der Waals surface area contributed by atoms with Gasteiger partial charge >= 0.3 is 6.18 Å². The number of nitrogens with one attached hydrogen (secondary N) is 1. The van der Waals surface area contributed by atoms with Crippen molar-refractivity contribution in [3.63, 3.8) is 0 Å². The monoisotopic (exact) mass is 454 g/mol. The topological polar surface area (TPSA) is 76.5 Å². The molecule has 1 aromatic carbocycles. The van der Waals surface area contributed by atoms with E-state index in [9.17, 15) is 18.0 Å². The quantitative estimate of drug-likeness (QED) is 0.508. The van der Waals surface area contributed by atoms with Crippen molar-refractivity contribution in [2.45, 2.75) is 13.1 Å². The predicted octanol–water partition coefficient (Wildman–Crippen LogP) is 5.61. The maximum atomic E-state index is 12.9. The van der Waals surface area contributed by atoms with Gasteiger partial charge in [0.25, 0.3) is 5.91 Å². The first-order valence-corrected chi connectivity index (χ1v) is 9.56. The Kier molecular flexibility index (Phi) is 6.37. The Morgan fingerprint density at radius 1 is 1.20 bits per heavy atom. The lowest BCUT2D eigenvalue weighted by Crippen LogP contribution is -2.13. The van der Waals surface area contributed by atoms with Crippen LogP contribution in [0.1, 0.15) is 27.2 Å². The summed E-state index contributed by atoms with van der Waals surface area (Å²) >= 11 is 6.59. The number of hydrogen-bond donors (Lipinski definition) is 1. The summed E-state index contributed by atoms with van der Waals surface area (Å²) in [6.45, 7) is 1.74. The molecule has 2 heterocycles. The van der Waals surface area contributed by atoms with E-state index >= 15 is 0 Å². The Hall–Kier alpha value is -2.98. The third-order valence-electron chi connectivity index (χ3n) is 3.81. The number of pyridine rings is 1. The van der Waals surface area contributed by atoms with Gasteiger partial charge in [-0.3, -0.25) is 9.79 Å². The summed E-state index contributed by atoms with van der Waals surface area (Å²) in [6.07, 6.45) is -2.50. The number of rotatable bonds is 5. The molecule has 0 aliphatic carbocycles. The van der Waals surface area contributed by atoms with Gasteiger partial charge in [0.05, 0.1) is 35.3 Å². The van der Waals surface area contributed by atoms with Gasteiger partial charge in [0.1, 0.15) is 21.5 Å². The maximum Gasteiger partial charge on any atom is 0.418 e. The average Bonchev–Trinajstić information content (AvgIpc) is 3.20. The van der Waals surface area contributed by atoms with Crippen molar-refractivity contribution >= 4 is 46.1 Å². The van der Waals surface area contributed by atoms with Crippen LogP contribution >= 0.6 is 22.9 Å². The van der Waals surface area contributed by atoms with Crippen molar-refractivity contribution < 1.29 is 22.7 Å². The van der Waals surface area contributed by atoms with Crippen LogP contribution in [0.2, 0.25) is 5.02 Å². The number of halogens is 4. The third kappa shape index (κ3) is 5.14. The highest BCUT2D eigenvalue weighted by Gasteiger charge is 2.34. The fourth-order valence-corrected chi connectivity index (χ4v) is 3.31. The number of nitrogens with zero attached hydrogens (tertiary/aromatic N) is 3. The zero-order chi connectivity index (χ0) is 21.9. The van der Waals surface area contributed by atoms with E-state index in [1.54, 1.807) is 38.3 Å². The fraction of sp³-hybridized carbons (Fsp3) is 0.158. The van der Waals surface area contributed by atoms with Gasteiger partial charge in [-0.2, -0.15) is 13.2 Å². The number of ether oxygens (including phenoxy) is 1. The van der Waals surface area contributed by atoms with Crippen molar-refractivity contribution in [2.75, 3.05) is 12.4 Å². The number of aromatic nitrogens is 2. The van der Waals surface area contributed by atoms with Crippen LogP contribution in [0.4, 0.5) is 24.7 Å². The molecule has 0 aliphatic heterocycles. The molecule has 3 aromatic rings. The highest BCUT2D eigenvalue weighted by atomic mass is 35.5. The lowest BCUT2D eigenvalue weighted by Gasteiger charge is -2.10. The minimum atomic E-state index is -4.66. The van der Waals surface area contributed by atoms with E-state index in [0.717, 1.165) is 17.5 Å². The number of methoxy groups -OCH3 is 1. The molecule has 0 saturated carbocycles. The number of alkyl halides is 3. The van der Waals surface area contributed by atoms with Gasteiger partial charge in [-0.05, 0) is 37.3 Å². The first kappa shape index (κ1) is 21.7. The van der Waals surface area contributed by atoms with E-state index in [-0.39, 0.29) is 10.7 Å². The molecule has 0 spiro atoms. The zero-order valence-electron chi connectivity index (χ0n) is 15.6. The number of amides is 1. The van der Waals surface area contributed by atoms with Gasteiger partial charge in [0.2, 0.25) is 0 Å². The molecule has 11 heteroatoms. The predicted molar refractivity (Wildman–Crippen MR) is 109 cm³/mol. The molecule has 0 aliphatic rings. The van der Waals surface area contributed by atoms with Crippen LogP contribution in [0.15, 0.2) is 47.7 Å². The second kappa shape index (κ2) is 8.80.